The maximum absolute atomic E-state index is 6.23. The minimum absolute atomic E-state index is 0.555. The number of fused-ring (bicyclic) bond motifs is 3. The third-order valence-corrected chi connectivity index (χ3v) is 4.34. The number of rotatable bonds is 0. The average Bonchev–Trinajstić information content (AvgIpc) is 3.08. The highest BCUT2D eigenvalue weighted by Crippen LogP contribution is 2.28. The van der Waals surface area contributed by atoms with Crippen LogP contribution < -0.4 is 0 Å². The summed E-state index contributed by atoms with van der Waals surface area (Å²) in [5.74, 6) is 2.80. The molecule has 0 aliphatic carbocycles. The summed E-state index contributed by atoms with van der Waals surface area (Å²) in [7, 11) is 0. The van der Waals surface area contributed by atoms with Crippen molar-refractivity contribution < 1.29 is 0 Å². The molecule has 21 heavy (non-hydrogen) atoms. The number of benzene rings is 1. The van der Waals surface area contributed by atoms with Gasteiger partial charge in [0, 0.05) is 23.7 Å². The minimum atomic E-state index is 0.555. The molecule has 0 unspecified atom stereocenters. The van der Waals surface area contributed by atoms with Gasteiger partial charge >= 0.3 is 0 Å². The van der Waals surface area contributed by atoms with E-state index in [1.807, 2.05) is 25.1 Å². The zero-order valence-corrected chi connectivity index (χ0v) is 12.6. The summed E-state index contributed by atoms with van der Waals surface area (Å²) in [4.78, 5) is 7.15. The first-order chi connectivity index (χ1) is 10.2. The Balaban J connectivity index is 1.94. The fraction of sp³-hybridized carbons (Fsp3) is 0.400. The van der Waals surface area contributed by atoms with Crippen LogP contribution in [-0.2, 0) is 6.54 Å². The van der Waals surface area contributed by atoms with Crippen molar-refractivity contribution in [2.24, 2.45) is 4.99 Å². The molecular formula is C15H16ClN5. The lowest BCUT2D eigenvalue weighted by molar-refractivity contribution is 0.518. The van der Waals surface area contributed by atoms with Gasteiger partial charge in [0.05, 0.1) is 5.69 Å². The summed E-state index contributed by atoms with van der Waals surface area (Å²) >= 11 is 6.23. The van der Waals surface area contributed by atoms with Crippen molar-refractivity contribution >= 4 is 17.4 Å². The monoisotopic (exact) mass is 301 g/mol. The molecule has 2 aliphatic rings. The smallest absolute Gasteiger partial charge is 0.159 e. The van der Waals surface area contributed by atoms with Crippen LogP contribution >= 0.6 is 11.6 Å². The van der Waals surface area contributed by atoms with Crippen molar-refractivity contribution in [2.45, 2.75) is 26.3 Å². The van der Waals surface area contributed by atoms with E-state index in [0.29, 0.717) is 6.54 Å². The van der Waals surface area contributed by atoms with Crippen molar-refractivity contribution in [1.82, 2.24) is 19.7 Å². The molecule has 0 amide bonds. The first kappa shape index (κ1) is 12.8. The van der Waals surface area contributed by atoms with Gasteiger partial charge in [-0.25, -0.2) is 0 Å². The van der Waals surface area contributed by atoms with Crippen LogP contribution in [0.5, 0.6) is 0 Å². The van der Waals surface area contributed by atoms with Crippen LogP contribution in [-0.4, -0.2) is 38.6 Å². The second kappa shape index (κ2) is 4.84. The number of amidine groups is 1. The van der Waals surface area contributed by atoms with E-state index < -0.39 is 0 Å². The van der Waals surface area contributed by atoms with E-state index in [0.717, 1.165) is 46.8 Å². The van der Waals surface area contributed by atoms with Crippen LogP contribution in [0.25, 0.3) is 5.69 Å². The van der Waals surface area contributed by atoms with Crippen molar-refractivity contribution in [3.05, 3.63) is 40.4 Å². The molecule has 1 saturated heterocycles. The molecular weight excluding hydrogens is 286 g/mol. The number of likely N-dealkylation sites (tertiary alicyclic amines) is 1. The van der Waals surface area contributed by atoms with Crippen LogP contribution in [0.3, 0.4) is 0 Å². The molecule has 108 valence electrons. The number of halogens is 1. The summed E-state index contributed by atoms with van der Waals surface area (Å²) in [5, 5.41) is 9.17. The van der Waals surface area contributed by atoms with E-state index in [1.165, 1.54) is 12.8 Å². The molecule has 2 aliphatic heterocycles. The number of aromatic nitrogens is 3. The van der Waals surface area contributed by atoms with Gasteiger partial charge in [0.1, 0.15) is 18.2 Å². The van der Waals surface area contributed by atoms with Gasteiger partial charge in [-0.3, -0.25) is 9.56 Å². The van der Waals surface area contributed by atoms with Gasteiger partial charge in [0.2, 0.25) is 0 Å². The summed E-state index contributed by atoms with van der Waals surface area (Å²) in [6, 6.07) is 5.95. The zero-order chi connectivity index (χ0) is 14.4. The number of nitrogens with zero attached hydrogens (tertiary/aromatic N) is 5. The van der Waals surface area contributed by atoms with Gasteiger partial charge in [0.25, 0.3) is 0 Å². The summed E-state index contributed by atoms with van der Waals surface area (Å²) in [6.45, 7) is 4.64. The standard InChI is InChI=1S/C15H16ClN5/c1-10-18-19-14-9-17-15(20-6-2-3-7-20)12-8-11(16)4-5-13(12)21(10)14/h4-5,8H,2-3,6-7,9H2,1H3. The zero-order valence-electron chi connectivity index (χ0n) is 11.9. The van der Waals surface area contributed by atoms with Gasteiger partial charge in [-0.1, -0.05) is 11.6 Å². The maximum Gasteiger partial charge on any atom is 0.159 e. The lowest BCUT2D eigenvalue weighted by Gasteiger charge is -2.21. The van der Waals surface area contributed by atoms with Gasteiger partial charge in [-0.05, 0) is 38.0 Å². The lowest BCUT2D eigenvalue weighted by Crippen LogP contribution is -2.29. The molecule has 1 aromatic heterocycles. The lowest BCUT2D eigenvalue weighted by atomic mass is 10.1. The second-order valence-corrected chi connectivity index (χ2v) is 5.93. The van der Waals surface area contributed by atoms with Crippen molar-refractivity contribution in [3.63, 3.8) is 0 Å². The van der Waals surface area contributed by atoms with E-state index in [9.17, 15) is 0 Å². The SMILES string of the molecule is Cc1nnc2n1-c1ccc(Cl)cc1C(N1CCCC1)=NC2. The van der Waals surface area contributed by atoms with Crippen LogP contribution in [0.4, 0.5) is 0 Å². The molecule has 0 bridgehead atoms. The third kappa shape index (κ3) is 2.03. The molecule has 2 aromatic rings. The Kier molecular flexibility index (Phi) is 2.96. The molecule has 1 aromatic carbocycles. The molecule has 0 atom stereocenters. The predicted molar refractivity (Wildman–Crippen MR) is 82.2 cm³/mol. The molecule has 6 heteroatoms. The predicted octanol–water partition coefficient (Wildman–Crippen LogP) is 2.59. The number of aliphatic imine (C=N–C) groups is 1. The number of hydrogen-bond acceptors (Lipinski definition) is 4. The fourth-order valence-electron chi connectivity index (χ4n) is 3.13. The Morgan fingerprint density at radius 2 is 1.95 bits per heavy atom. The van der Waals surface area contributed by atoms with Crippen molar-refractivity contribution in [3.8, 4) is 5.69 Å². The Bertz CT molecular complexity index is 728. The second-order valence-electron chi connectivity index (χ2n) is 5.49. The highest BCUT2D eigenvalue weighted by atomic mass is 35.5. The molecule has 0 radical (unpaired) electrons. The van der Waals surface area contributed by atoms with E-state index in [-0.39, 0.29) is 0 Å². The van der Waals surface area contributed by atoms with Crippen LogP contribution in [0, 0.1) is 6.92 Å². The van der Waals surface area contributed by atoms with Crippen LogP contribution in [0.15, 0.2) is 23.2 Å². The summed E-state index contributed by atoms with van der Waals surface area (Å²) < 4.78 is 2.08. The van der Waals surface area contributed by atoms with Crippen LogP contribution in [0.1, 0.15) is 30.1 Å². The Morgan fingerprint density at radius 1 is 1.14 bits per heavy atom. The van der Waals surface area contributed by atoms with Crippen molar-refractivity contribution in [1.29, 1.82) is 0 Å². The molecule has 0 spiro atoms. The van der Waals surface area contributed by atoms with E-state index in [2.05, 4.69) is 19.7 Å². The first-order valence-electron chi connectivity index (χ1n) is 7.24. The molecule has 1 fully saturated rings. The van der Waals surface area contributed by atoms with Gasteiger partial charge in [0.15, 0.2) is 5.82 Å². The quantitative estimate of drug-likeness (QED) is 0.751. The fourth-order valence-corrected chi connectivity index (χ4v) is 3.31. The molecule has 3 heterocycles. The van der Waals surface area contributed by atoms with E-state index >= 15 is 0 Å². The van der Waals surface area contributed by atoms with E-state index in [4.69, 9.17) is 16.6 Å². The van der Waals surface area contributed by atoms with Crippen molar-refractivity contribution in [2.75, 3.05) is 13.1 Å². The van der Waals surface area contributed by atoms with Crippen LogP contribution in [0.2, 0.25) is 5.02 Å². The summed E-state index contributed by atoms with van der Waals surface area (Å²) in [6.07, 6.45) is 2.44. The summed E-state index contributed by atoms with van der Waals surface area (Å²) in [5.41, 5.74) is 2.14. The Labute approximate surface area is 128 Å². The highest BCUT2D eigenvalue weighted by molar-refractivity contribution is 6.31. The molecule has 4 rings (SSSR count). The number of hydrogen-bond donors (Lipinski definition) is 0. The van der Waals surface area contributed by atoms with Gasteiger partial charge < -0.3 is 4.90 Å². The molecule has 0 N–H and O–H groups in total. The average molecular weight is 302 g/mol. The largest absolute Gasteiger partial charge is 0.356 e. The van der Waals surface area contributed by atoms with Gasteiger partial charge in [-0.2, -0.15) is 0 Å². The molecule has 0 saturated carbocycles. The maximum atomic E-state index is 6.23. The normalized spacial score (nSPS) is 17.2. The first-order valence-corrected chi connectivity index (χ1v) is 7.62. The number of aryl methyl sites for hydroxylation is 1. The molecule has 5 nitrogen and oxygen atoms in total. The van der Waals surface area contributed by atoms with E-state index in [1.54, 1.807) is 0 Å². The Hall–Kier alpha value is -1.88. The van der Waals surface area contributed by atoms with Gasteiger partial charge in [-0.15, -0.1) is 10.2 Å². The Morgan fingerprint density at radius 3 is 2.76 bits per heavy atom. The minimum Gasteiger partial charge on any atom is -0.356 e. The highest BCUT2D eigenvalue weighted by Gasteiger charge is 2.25. The third-order valence-electron chi connectivity index (χ3n) is 4.11. The topological polar surface area (TPSA) is 46.3 Å².